The van der Waals surface area contributed by atoms with Crippen LogP contribution in [-0.2, 0) is 14.9 Å². The minimum absolute atomic E-state index is 0.0684. The predicted octanol–water partition coefficient (Wildman–Crippen LogP) is 2.13. The molecule has 1 aliphatic rings. The second-order valence-electron chi connectivity index (χ2n) is 7.99. The summed E-state index contributed by atoms with van der Waals surface area (Å²) in [7, 11) is -3.98. The van der Waals surface area contributed by atoms with Crippen molar-refractivity contribution in [3.63, 3.8) is 0 Å². The van der Waals surface area contributed by atoms with Gasteiger partial charge in [-0.05, 0) is 55.3 Å². The highest BCUT2D eigenvalue weighted by molar-refractivity contribution is 7.87. The van der Waals surface area contributed by atoms with E-state index in [-0.39, 0.29) is 29.0 Å². The minimum Gasteiger partial charge on any atom is -0.379 e. The number of carbonyl (C=O) groups excluding carboxylic acids is 2. The number of nitrogens with zero attached hydrogens (tertiary/aromatic N) is 2. The first-order chi connectivity index (χ1) is 15.7. The van der Waals surface area contributed by atoms with E-state index in [1.165, 1.54) is 12.1 Å². The Morgan fingerprint density at radius 2 is 1.73 bits per heavy atom. The van der Waals surface area contributed by atoms with Crippen molar-refractivity contribution in [1.82, 2.24) is 15.1 Å². The van der Waals surface area contributed by atoms with Crippen LogP contribution in [0.2, 0.25) is 0 Å². The van der Waals surface area contributed by atoms with Crippen LogP contribution in [-0.4, -0.2) is 69.3 Å². The lowest BCUT2D eigenvalue weighted by Crippen LogP contribution is -2.51. The molecule has 0 bridgehead atoms. The third-order valence-corrected chi connectivity index (χ3v) is 6.78. The van der Waals surface area contributed by atoms with E-state index in [2.05, 4.69) is 11.9 Å². The third-order valence-electron chi connectivity index (χ3n) is 5.39. The molecule has 1 aliphatic heterocycles. The molecule has 2 amide bonds. The summed E-state index contributed by atoms with van der Waals surface area (Å²) in [6.07, 6.45) is 1.63. The van der Waals surface area contributed by atoms with Crippen molar-refractivity contribution in [2.75, 3.05) is 39.3 Å². The van der Waals surface area contributed by atoms with Gasteiger partial charge in [-0.2, -0.15) is 8.42 Å². The number of amides is 2. The molecule has 1 heterocycles. The van der Waals surface area contributed by atoms with Crippen LogP contribution in [0, 0.1) is 13.8 Å². The van der Waals surface area contributed by atoms with E-state index in [0.29, 0.717) is 43.9 Å². The summed E-state index contributed by atoms with van der Waals surface area (Å²) in [6.45, 7) is 10.0. The second-order valence-corrected chi connectivity index (χ2v) is 9.51. The summed E-state index contributed by atoms with van der Waals surface area (Å²) in [4.78, 5) is 28.5. The maximum absolute atomic E-state index is 12.8. The van der Waals surface area contributed by atoms with Gasteiger partial charge < -0.3 is 14.4 Å². The zero-order chi connectivity index (χ0) is 24.0. The Morgan fingerprint density at radius 1 is 1.06 bits per heavy atom. The van der Waals surface area contributed by atoms with Crippen LogP contribution in [0.5, 0.6) is 5.75 Å². The fraction of sp³-hybridized carbons (Fsp3) is 0.333. The standard InChI is InChI=1S/C24H29N3O5S/c1-4-11-25-23(28)17-26-12-14-27(15-13-26)24(29)20-7-9-21(10-8-20)32-33(30,31)22-16-18(2)5-6-19(22)3/h4-10,16H,1,11-15,17H2,2-3H3,(H,25,28). The quantitative estimate of drug-likeness (QED) is 0.468. The molecule has 0 atom stereocenters. The van der Waals surface area contributed by atoms with E-state index >= 15 is 0 Å². The number of piperazine rings is 1. The number of nitrogens with one attached hydrogen (secondary N) is 1. The first-order valence-electron chi connectivity index (χ1n) is 10.7. The summed E-state index contributed by atoms with van der Waals surface area (Å²) >= 11 is 0. The van der Waals surface area contributed by atoms with E-state index < -0.39 is 10.1 Å². The van der Waals surface area contributed by atoms with Crippen molar-refractivity contribution < 1.29 is 22.2 Å². The molecule has 1 saturated heterocycles. The Kier molecular flexibility index (Phi) is 7.88. The molecular formula is C24H29N3O5S. The van der Waals surface area contributed by atoms with Crippen molar-refractivity contribution in [2.24, 2.45) is 0 Å². The normalized spacial score (nSPS) is 14.5. The number of carbonyl (C=O) groups is 2. The number of hydrogen-bond donors (Lipinski definition) is 1. The zero-order valence-corrected chi connectivity index (χ0v) is 19.7. The summed E-state index contributed by atoms with van der Waals surface area (Å²) in [5.74, 6) is -0.0708. The van der Waals surface area contributed by atoms with Gasteiger partial charge in [0, 0.05) is 38.3 Å². The average molecular weight is 472 g/mol. The molecule has 0 spiro atoms. The molecule has 0 aromatic heterocycles. The molecule has 2 aromatic carbocycles. The fourth-order valence-corrected chi connectivity index (χ4v) is 4.78. The lowest BCUT2D eigenvalue weighted by Gasteiger charge is -2.34. The summed E-state index contributed by atoms with van der Waals surface area (Å²) in [6, 6.07) is 11.2. The Labute approximate surface area is 195 Å². The topological polar surface area (TPSA) is 96.0 Å². The maximum atomic E-state index is 12.8. The maximum Gasteiger partial charge on any atom is 0.339 e. The predicted molar refractivity (Wildman–Crippen MR) is 126 cm³/mol. The third kappa shape index (κ3) is 6.43. The monoisotopic (exact) mass is 471 g/mol. The van der Waals surface area contributed by atoms with Crippen LogP contribution in [0.15, 0.2) is 60.0 Å². The van der Waals surface area contributed by atoms with E-state index in [1.54, 1.807) is 42.2 Å². The summed E-state index contributed by atoms with van der Waals surface area (Å²) in [5, 5.41) is 2.74. The molecule has 1 N–H and O–H groups in total. The van der Waals surface area contributed by atoms with Gasteiger partial charge in [-0.1, -0.05) is 18.2 Å². The highest BCUT2D eigenvalue weighted by atomic mass is 32.2. The second kappa shape index (κ2) is 10.6. The van der Waals surface area contributed by atoms with Gasteiger partial charge in [-0.3, -0.25) is 14.5 Å². The van der Waals surface area contributed by atoms with Gasteiger partial charge in [-0.15, -0.1) is 6.58 Å². The van der Waals surface area contributed by atoms with Crippen LogP contribution >= 0.6 is 0 Å². The van der Waals surface area contributed by atoms with Crippen molar-refractivity contribution in [2.45, 2.75) is 18.7 Å². The van der Waals surface area contributed by atoms with E-state index in [1.807, 2.05) is 17.9 Å². The SMILES string of the molecule is C=CCNC(=O)CN1CCN(C(=O)c2ccc(OS(=O)(=O)c3cc(C)ccc3C)cc2)CC1. The summed E-state index contributed by atoms with van der Waals surface area (Å²) in [5.41, 5.74) is 1.87. The van der Waals surface area contributed by atoms with Crippen molar-refractivity contribution >= 4 is 21.9 Å². The van der Waals surface area contributed by atoms with E-state index in [4.69, 9.17) is 4.18 Å². The molecule has 0 unspecified atom stereocenters. The van der Waals surface area contributed by atoms with Gasteiger partial charge in [-0.25, -0.2) is 0 Å². The molecule has 2 aromatic rings. The van der Waals surface area contributed by atoms with Crippen molar-refractivity contribution in [3.8, 4) is 5.75 Å². The van der Waals surface area contributed by atoms with Crippen LogP contribution in [0.25, 0.3) is 0 Å². The molecule has 8 nitrogen and oxygen atoms in total. The fourth-order valence-electron chi connectivity index (χ4n) is 3.54. The zero-order valence-electron chi connectivity index (χ0n) is 18.9. The van der Waals surface area contributed by atoms with Gasteiger partial charge in [0.15, 0.2) is 0 Å². The lowest BCUT2D eigenvalue weighted by atomic mass is 10.1. The van der Waals surface area contributed by atoms with Crippen LogP contribution < -0.4 is 9.50 Å². The molecule has 0 saturated carbocycles. The number of hydrogen-bond acceptors (Lipinski definition) is 6. The van der Waals surface area contributed by atoms with Crippen molar-refractivity contribution in [1.29, 1.82) is 0 Å². The van der Waals surface area contributed by atoms with E-state index in [0.717, 1.165) is 5.56 Å². The molecule has 1 fully saturated rings. The number of rotatable bonds is 8. The highest BCUT2D eigenvalue weighted by Crippen LogP contribution is 2.23. The molecule has 176 valence electrons. The minimum atomic E-state index is -3.98. The molecule has 33 heavy (non-hydrogen) atoms. The largest absolute Gasteiger partial charge is 0.379 e. The highest BCUT2D eigenvalue weighted by Gasteiger charge is 2.24. The van der Waals surface area contributed by atoms with Gasteiger partial charge in [0.05, 0.1) is 6.54 Å². The van der Waals surface area contributed by atoms with Gasteiger partial charge in [0.1, 0.15) is 10.6 Å². The van der Waals surface area contributed by atoms with Gasteiger partial charge in [0.25, 0.3) is 5.91 Å². The van der Waals surface area contributed by atoms with E-state index in [9.17, 15) is 18.0 Å². The molecule has 3 rings (SSSR count). The molecule has 9 heteroatoms. The Balaban J connectivity index is 1.58. The first kappa shape index (κ1) is 24.5. The first-order valence-corrected chi connectivity index (χ1v) is 12.1. The van der Waals surface area contributed by atoms with Crippen molar-refractivity contribution in [3.05, 3.63) is 71.8 Å². The van der Waals surface area contributed by atoms with Crippen LogP contribution in [0.1, 0.15) is 21.5 Å². The summed E-state index contributed by atoms with van der Waals surface area (Å²) < 4.78 is 30.6. The lowest BCUT2D eigenvalue weighted by molar-refractivity contribution is -0.122. The smallest absolute Gasteiger partial charge is 0.339 e. The Hall–Kier alpha value is -3.17. The number of benzene rings is 2. The average Bonchev–Trinajstić information content (AvgIpc) is 2.79. The Bertz CT molecular complexity index is 1120. The molecule has 0 radical (unpaired) electrons. The van der Waals surface area contributed by atoms with Crippen LogP contribution in [0.4, 0.5) is 0 Å². The van der Waals surface area contributed by atoms with Gasteiger partial charge >= 0.3 is 10.1 Å². The van der Waals surface area contributed by atoms with Gasteiger partial charge in [0.2, 0.25) is 5.91 Å². The molecular weight excluding hydrogens is 442 g/mol. The number of aryl methyl sites for hydroxylation is 2. The molecule has 0 aliphatic carbocycles. The Morgan fingerprint density at radius 3 is 2.36 bits per heavy atom. The van der Waals surface area contributed by atoms with Crippen LogP contribution in [0.3, 0.4) is 0 Å².